The molecule has 0 radical (unpaired) electrons. The molecule has 0 aromatic carbocycles. The van der Waals surface area contributed by atoms with Gasteiger partial charge in [0.15, 0.2) is 0 Å². The van der Waals surface area contributed by atoms with Gasteiger partial charge in [0, 0.05) is 19.3 Å². The highest BCUT2D eigenvalue weighted by Gasteiger charge is 2.28. The van der Waals surface area contributed by atoms with Gasteiger partial charge in [-0.25, -0.2) is 4.98 Å². The van der Waals surface area contributed by atoms with E-state index < -0.39 is 5.60 Å². The molecule has 1 saturated heterocycles. The van der Waals surface area contributed by atoms with Gasteiger partial charge in [-0.15, -0.1) is 0 Å². The Morgan fingerprint density at radius 3 is 3.06 bits per heavy atom. The van der Waals surface area contributed by atoms with Gasteiger partial charge in [0.2, 0.25) is 0 Å². The largest absolute Gasteiger partial charge is 0.392 e. The third-order valence-electron chi connectivity index (χ3n) is 2.99. The van der Waals surface area contributed by atoms with Gasteiger partial charge in [-0.2, -0.15) is 0 Å². The van der Waals surface area contributed by atoms with Crippen molar-refractivity contribution in [3.05, 3.63) is 23.9 Å². The molecule has 4 nitrogen and oxygen atoms in total. The minimum absolute atomic E-state index is 0.0275. The predicted octanol–water partition coefficient (Wildman–Crippen LogP) is 0.925. The zero-order valence-corrected chi connectivity index (χ0v) is 9.56. The summed E-state index contributed by atoms with van der Waals surface area (Å²) in [6, 6.07) is 3.67. The molecular weight excluding hydrogens is 204 g/mol. The lowest BCUT2D eigenvalue weighted by molar-refractivity contribution is 0.0447. The number of piperidine rings is 1. The number of nitrogens with zero attached hydrogens (tertiary/aromatic N) is 2. The molecule has 1 fully saturated rings. The minimum atomic E-state index is -0.630. The fourth-order valence-electron chi connectivity index (χ4n) is 2.15. The van der Waals surface area contributed by atoms with E-state index in [1.54, 1.807) is 12.3 Å². The molecule has 0 saturated carbocycles. The Labute approximate surface area is 95.5 Å². The van der Waals surface area contributed by atoms with Crippen LogP contribution in [-0.4, -0.2) is 33.9 Å². The summed E-state index contributed by atoms with van der Waals surface area (Å²) in [7, 11) is 0. The summed E-state index contributed by atoms with van der Waals surface area (Å²) >= 11 is 0. The highest BCUT2D eigenvalue weighted by Crippen LogP contribution is 2.24. The van der Waals surface area contributed by atoms with Crippen molar-refractivity contribution in [1.82, 2.24) is 4.98 Å². The van der Waals surface area contributed by atoms with E-state index in [0.29, 0.717) is 6.54 Å². The Morgan fingerprint density at radius 2 is 2.38 bits per heavy atom. The van der Waals surface area contributed by atoms with Gasteiger partial charge >= 0.3 is 0 Å². The Balaban J connectivity index is 2.16. The fourth-order valence-corrected chi connectivity index (χ4v) is 2.15. The summed E-state index contributed by atoms with van der Waals surface area (Å²) in [5.74, 6) is 0.839. The highest BCUT2D eigenvalue weighted by atomic mass is 16.3. The van der Waals surface area contributed by atoms with Crippen LogP contribution in [0.1, 0.15) is 25.3 Å². The second-order valence-corrected chi connectivity index (χ2v) is 4.70. The summed E-state index contributed by atoms with van der Waals surface area (Å²) in [4.78, 5) is 6.35. The lowest BCUT2D eigenvalue weighted by Gasteiger charge is -2.37. The Morgan fingerprint density at radius 1 is 1.56 bits per heavy atom. The van der Waals surface area contributed by atoms with Gasteiger partial charge in [-0.3, -0.25) is 0 Å². The third kappa shape index (κ3) is 2.51. The molecule has 2 N–H and O–H groups in total. The van der Waals surface area contributed by atoms with Gasteiger partial charge in [-0.1, -0.05) is 0 Å². The summed E-state index contributed by atoms with van der Waals surface area (Å²) < 4.78 is 0. The Kier molecular flexibility index (Phi) is 3.12. The number of anilines is 1. The molecule has 1 atom stereocenters. The molecule has 1 aromatic rings. The van der Waals surface area contributed by atoms with Crippen molar-refractivity contribution in [1.29, 1.82) is 0 Å². The number of aromatic nitrogens is 1. The molecule has 88 valence electrons. The van der Waals surface area contributed by atoms with E-state index in [1.165, 1.54) is 0 Å². The number of hydrogen-bond donors (Lipinski definition) is 2. The molecule has 1 aliphatic heterocycles. The van der Waals surface area contributed by atoms with Crippen LogP contribution in [0.2, 0.25) is 0 Å². The molecular formula is C12H18N2O2. The zero-order chi connectivity index (χ0) is 11.6. The molecule has 0 spiro atoms. The van der Waals surface area contributed by atoms with Crippen LogP contribution in [0.4, 0.5) is 5.82 Å². The van der Waals surface area contributed by atoms with Crippen LogP contribution in [0, 0.1) is 0 Å². The normalized spacial score (nSPS) is 25.8. The minimum Gasteiger partial charge on any atom is -0.392 e. The van der Waals surface area contributed by atoms with Gasteiger partial charge < -0.3 is 15.1 Å². The van der Waals surface area contributed by atoms with Crippen molar-refractivity contribution in [3.8, 4) is 0 Å². The molecule has 0 aliphatic carbocycles. The Bertz CT molecular complexity index is 366. The molecule has 2 rings (SSSR count). The number of aliphatic hydroxyl groups is 2. The SMILES string of the molecule is CC1(O)CCCN(c2cc(CO)ccn2)C1. The maximum atomic E-state index is 10.0. The van der Waals surface area contributed by atoms with E-state index in [2.05, 4.69) is 9.88 Å². The highest BCUT2D eigenvalue weighted by molar-refractivity contribution is 5.41. The van der Waals surface area contributed by atoms with Crippen LogP contribution < -0.4 is 4.90 Å². The van der Waals surface area contributed by atoms with Crippen molar-refractivity contribution in [3.63, 3.8) is 0 Å². The van der Waals surface area contributed by atoms with Crippen LogP contribution in [0.15, 0.2) is 18.3 Å². The van der Waals surface area contributed by atoms with Gasteiger partial charge in [0.25, 0.3) is 0 Å². The number of aliphatic hydroxyl groups excluding tert-OH is 1. The quantitative estimate of drug-likeness (QED) is 0.781. The lowest BCUT2D eigenvalue weighted by Crippen LogP contribution is -2.46. The maximum Gasteiger partial charge on any atom is 0.128 e. The second-order valence-electron chi connectivity index (χ2n) is 4.70. The molecule has 1 unspecified atom stereocenters. The summed E-state index contributed by atoms with van der Waals surface area (Å²) in [5.41, 5.74) is 0.227. The average molecular weight is 222 g/mol. The lowest BCUT2D eigenvalue weighted by atomic mass is 9.95. The number of hydrogen-bond acceptors (Lipinski definition) is 4. The maximum absolute atomic E-state index is 10.0. The van der Waals surface area contributed by atoms with E-state index in [4.69, 9.17) is 5.11 Å². The van der Waals surface area contributed by atoms with Crippen LogP contribution in [0.3, 0.4) is 0 Å². The number of β-amino-alcohol motifs (C(OH)–C–C–N with tert-alkyl or cyclic N) is 1. The summed E-state index contributed by atoms with van der Waals surface area (Å²) in [6.07, 6.45) is 3.51. The predicted molar refractivity (Wildman–Crippen MR) is 62.2 cm³/mol. The first-order valence-electron chi connectivity index (χ1n) is 5.64. The first-order chi connectivity index (χ1) is 7.61. The number of pyridine rings is 1. The van der Waals surface area contributed by atoms with Gasteiger partial charge in [0.1, 0.15) is 5.82 Å². The van der Waals surface area contributed by atoms with Crippen LogP contribution in [0.25, 0.3) is 0 Å². The van der Waals surface area contributed by atoms with E-state index in [0.717, 1.165) is 30.8 Å². The first kappa shape index (κ1) is 11.4. The average Bonchev–Trinajstić information content (AvgIpc) is 2.28. The van der Waals surface area contributed by atoms with Crippen LogP contribution >= 0.6 is 0 Å². The van der Waals surface area contributed by atoms with Crippen molar-refractivity contribution in [2.24, 2.45) is 0 Å². The smallest absolute Gasteiger partial charge is 0.128 e. The Hall–Kier alpha value is -1.13. The summed E-state index contributed by atoms with van der Waals surface area (Å²) in [6.45, 7) is 3.40. The molecule has 1 aromatic heterocycles. The molecule has 16 heavy (non-hydrogen) atoms. The molecule has 1 aliphatic rings. The van der Waals surface area contributed by atoms with Crippen molar-refractivity contribution in [2.45, 2.75) is 32.0 Å². The standard InChI is InChI=1S/C12H18N2O2/c1-12(16)4-2-6-14(9-12)11-7-10(8-15)3-5-13-11/h3,5,7,15-16H,2,4,6,8-9H2,1H3. The van der Waals surface area contributed by atoms with E-state index in [1.807, 2.05) is 13.0 Å². The van der Waals surface area contributed by atoms with E-state index in [-0.39, 0.29) is 6.61 Å². The van der Waals surface area contributed by atoms with Crippen molar-refractivity contribution < 1.29 is 10.2 Å². The number of rotatable bonds is 2. The van der Waals surface area contributed by atoms with Crippen molar-refractivity contribution >= 4 is 5.82 Å². The van der Waals surface area contributed by atoms with E-state index >= 15 is 0 Å². The molecule has 0 amide bonds. The van der Waals surface area contributed by atoms with Crippen LogP contribution in [0.5, 0.6) is 0 Å². The molecule has 0 bridgehead atoms. The van der Waals surface area contributed by atoms with E-state index in [9.17, 15) is 5.11 Å². The van der Waals surface area contributed by atoms with Crippen molar-refractivity contribution in [2.75, 3.05) is 18.0 Å². The fraction of sp³-hybridized carbons (Fsp3) is 0.583. The van der Waals surface area contributed by atoms with Gasteiger partial charge in [0.05, 0.1) is 12.2 Å². The molecule has 2 heterocycles. The van der Waals surface area contributed by atoms with Gasteiger partial charge in [-0.05, 0) is 37.5 Å². The molecule has 4 heteroatoms. The zero-order valence-electron chi connectivity index (χ0n) is 9.56. The first-order valence-corrected chi connectivity index (χ1v) is 5.64. The topological polar surface area (TPSA) is 56.6 Å². The third-order valence-corrected chi connectivity index (χ3v) is 2.99. The summed E-state index contributed by atoms with van der Waals surface area (Å²) in [5, 5.41) is 19.1. The second kappa shape index (κ2) is 4.39. The monoisotopic (exact) mass is 222 g/mol. The van der Waals surface area contributed by atoms with Crippen LogP contribution in [-0.2, 0) is 6.61 Å².